The van der Waals surface area contributed by atoms with Gasteiger partial charge in [-0.15, -0.1) is 0 Å². The van der Waals surface area contributed by atoms with E-state index in [2.05, 4.69) is 4.74 Å². The molecule has 0 unspecified atom stereocenters. The van der Waals surface area contributed by atoms with Crippen LogP contribution >= 0.6 is 0 Å². The summed E-state index contributed by atoms with van der Waals surface area (Å²) in [6.45, 7) is 3.38. The number of rotatable bonds is 1. The standard InChI is InChI=1S/C12H13NO4/c1-12(2)10(15)8(11(16)17-3)9(14)7-5-4-6-13(7)12/h4-6,14H,1-3H3. The van der Waals surface area contributed by atoms with E-state index in [1.165, 1.54) is 7.11 Å². The van der Waals surface area contributed by atoms with E-state index in [1.807, 2.05) is 0 Å². The molecule has 0 bridgehead atoms. The van der Waals surface area contributed by atoms with Gasteiger partial charge in [-0.3, -0.25) is 4.79 Å². The molecule has 1 aliphatic rings. The van der Waals surface area contributed by atoms with E-state index in [1.54, 1.807) is 36.7 Å². The Kier molecular flexibility index (Phi) is 2.34. The molecule has 1 aromatic heterocycles. The van der Waals surface area contributed by atoms with E-state index < -0.39 is 17.3 Å². The summed E-state index contributed by atoms with van der Waals surface area (Å²) in [5.74, 6) is -1.59. The maximum atomic E-state index is 12.2. The first-order chi connectivity index (χ1) is 7.91. The van der Waals surface area contributed by atoms with E-state index in [0.717, 1.165) is 0 Å². The van der Waals surface area contributed by atoms with Gasteiger partial charge in [-0.2, -0.15) is 0 Å². The Balaban J connectivity index is 2.72. The molecule has 2 rings (SSSR count). The maximum Gasteiger partial charge on any atom is 0.345 e. The fraction of sp³-hybridized carbons (Fsp3) is 0.333. The normalized spacial score (nSPS) is 17.9. The second-order valence-corrected chi connectivity index (χ2v) is 4.37. The molecule has 0 fully saturated rings. The van der Waals surface area contributed by atoms with Gasteiger partial charge in [0.15, 0.2) is 11.5 Å². The molecular weight excluding hydrogens is 222 g/mol. The molecule has 5 heteroatoms. The average Bonchev–Trinajstić information content (AvgIpc) is 2.76. The van der Waals surface area contributed by atoms with Crippen LogP contribution in [-0.4, -0.2) is 28.5 Å². The summed E-state index contributed by atoms with van der Waals surface area (Å²) in [5, 5.41) is 9.95. The number of methoxy groups -OCH3 is 1. The van der Waals surface area contributed by atoms with Crippen molar-refractivity contribution in [2.24, 2.45) is 0 Å². The van der Waals surface area contributed by atoms with Gasteiger partial charge in [0.05, 0.1) is 12.8 Å². The zero-order valence-electron chi connectivity index (χ0n) is 9.85. The van der Waals surface area contributed by atoms with Crippen LogP contribution in [0.3, 0.4) is 0 Å². The van der Waals surface area contributed by atoms with Crippen molar-refractivity contribution in [2.75, 3.05) is 7.11 Å². The van der Waals surface area contributed by atoms with Crippen LogP contribution in [-0.2, 0) is 19.9 Å². The molecule has 0 saturated heterocycles. The number of hydrogen-bond donors (Lipinski definition) is 1. The molecule has 0 amide bonds. The number of nitrogens with zero attached hydrogens (tertiary/aromatic N) is 1. The molecule has 0 radical (unpaired) electrons. The van der Waals surface area contributed by atoms with E-state index in [-0.39, 0.29) is 11.3 Å². The number of aliphatic hydroxyl groups excluding tert-OH is 1. The number of ether oxygens (including phenoxy) is 1. The molecule has 17 heavy (non-hydrogen) atoms. The minimum Gasteiger partial charge on any atom is -0.505 e. The number of hydrogen-bond acceptors (Lipinski definition) is 4. The first-order valence-corrected chi connectivity index (χ1v) is 5.15. The number of ketones is 1. The van der Waals surface area contributed by atoms with Crippen molar-refractivity contribution >= 4 is 17.5 Å². The quantitative estimate of drug-likeness (QED) is 0.587. The van der Waals surface area contributed by atoms with Crippen molar-refractivity contribution < 1.29 is 19.4 Å². The Hall–Kier alpha value is -2.04. The van der Waals surface area contributed by atoms with Crippen molar-refractivity contribution in [2.45, 2.75) is 19.4 Å². The lowest BCUT2D eigenvalue weighted by atomic mass is 9.88. The summed E-state index contributed by atoms with van der Waals surface area (Å²) in [5.41, 5.74) is -0.757. The molecule has 0 atom stereocenters. The maximum absolute atomic E-state index is 12.2. The fourth-order valence-electron chi connectivity index (χ4n) is 2.00. The molecular formula is C12H13NO4. The Morgan fingerprint density at radius 2 is 2.12 bits per heavy atom. The Morgan fingerprint density at radius 1 is 1.47 bits per heavy atom. The summed E-state index contributed by atoms with van der Waals surface area (Å²) in [4.78, 5) is 23.7. The van der Waals surface area contributed by atoms with Gasteiger partial charge in [0.2, 0.25) is 0 Å². The molecule has 0 spiro atoms. The van der Waals surface area contributed by atoms with E-state index in [9.17, 15) is 14.7 Å². The molecule has 0 saturated carbocycles. The number of carbonyl (C=O) groups excluding carboxylic acids is 2. The van der Waals surface area contributed by atoms with Gasteiger partial charge in [0.1, 0.15) is 11.1 Å². The SMILES string of the molecule is COC(=O)C1=C(O)c2cccn2C(C)(C)C1=O. The van der Waals surface area contributed by atoms with Gasteiger partial charge in [-0.05, 0) is 26.0 Å². The fourth-order valence-corrected chi connectivity index (χ4v) is 2.00. The summed E-state index contributed by atoms with van der Waals surface area (Å²) in [7, 11) is 1.18. The van der Waals surface area contributed by atoms with Gasteiger partial charge in [0.25, 0.3) is 0 Å². The van der Waals surface area contributed by atoms with Crippen LogP contribution in [0.1, 0.15) is 19.5 Å². The lowest BCUT2D eigenvalue weighted by Crippen LogP contribution is -2.42. The first-order valence-electron chi connectivity index (χ1n) is 5.15. The predicted molar refractivity (Wildman–Crippen MR) is 60.3 cm³/mol. The highest BCUT2D eigenvalue weighted by Crippen LogP contribution is 2.34. The van der Waals surface area contributed by atoms with Crippen LogP contribution in [0.4, 0.5) is 0 Å². The summed E-state index contributed by atoms with van der Waals surface area (Å²) in [6, 6.07) is 3.35. The van der Waals surface area contributed by atoms with Crippen LogP contribution in [0.5, 0.6) is 0 Å². The topological polar surface area (TPSA) is 68.5 Å². The smallest absolute Gasteiger partial charge is 0.345 e. The van der Waals surface area contributed by atoms with E-state index in [0.29, 0.717) is 5.69 Å². The zero-order chi connectivity index (χ0) is 12.8. The highest BCUT2D eigenvalue weighted by atomic mass is 16.5. The zero-order valence-corrected chi connectivity index (χ0v) is 9.85. The van der Waals surface area contributed by atoms with Crippen molar-refractivity contribution in [3.8, 4) is 0 Å². The van der Waals surface area contributed by atoms with Crippen LogP contribution in [0.2, 0.25) is 0 Å². The largest absolute Gasteiger partial charge is 0.505 e. The third-order valence-electron chi connectivity index (χ3n) is 3.00. The molecule has 2 heterocycles. The van der Waals surface area contributed by atoms with Gasteiger partial charge >= 0.3 is 5.97 Å². The molecule has 0 aromatic carbocycles. The Morgan fingerprint density at radius 3 is 2.71 bits per heavy atom. The molecule has 5 nitrogen and oxygen atoms in total. The third kappa shape index (κ3) is 1.39. The lowest BCUT2D eigenvalue weighted by Gasteiger charge is -2.32. The minimum atomic E-state index is -0.908. The van der Waals surface area contributed by atoms with Crippen molar-refractivity contribution in [1.82, 2.24) is 4.57 Å². The second kappa shape index (κ2) is 3.48. The monoisotopic (exact) mass is 235 g/mol. The average molecular weight is 235 g/mol. The molecule has 0 aliphatic carbocycles. The van der Waals surface area contributed by atoms with E-state index >= 15 is 0 Å². The molecule has 1 N–H and O–H groups in total. The number of esters is 1. The van der Waals surface area contributed by atoms with Crippen LogP contribution in [0.25, 0.3) is 5.76 Å². The highest BCUT2D eigenvalue weighted by molar-refractivity contribution is 6.25. The van der Waals surface area contributed by atoms with Crippen molar-refractivity contribution in [3.05, 3.63) is 29.6 Å². The lowest BCUT2D eigenvalue weighted by molar-refractivity contribution is -0.139. The Labute approximate surface area is 98.3 Å². The minimum absolute atomic E-state index is 0.288. The molecule has 90 valence electrons. The van der Waals surface area contributed by atoms with E-state index in [4.69, 9.17) is 0 Å². The summed E-state index contributed by atoms with van der Waals surface area (Å²) >= 11 is 0. The first kappa shape index (κ1) is 11.4. The summed E-state index contributed by atoms with van der Waals surface area (Å²) < 4.78 is 6.16. The molecule has 1 aliphatic heterocycles. The second-order valence-electron chi connectivity index (χ2n) is 4.37. The van der Waals surface area contributed by atoms with Crippen LogP contribution in [0.15, 0.2) is 23.9 Å². The van der Waals surface area contributed by atoms with Crippen molar-refractivity contribution in [3.63, 3.8) is 0 Å². The Bertz CT molecular complexity index is 536. The van der Waals surface area contributed by atoms with Crippen molar-refractivity contribution in [1.29, 1.82) is 0 Å². The number of fused-ring (bicyclic) bond motifs is 1. The molecule has 1 aromatic rings. The van der Waals surface area contributed by atoms with Gasteiger partial charge in [-0.25, -0.2) is 4.79 Å². The number of aliphatic hydroxyl groups is 1. The number of Topliss-reactive ketones (excluding diaryl/α,β-unsaturated/α-hetero) is 1. The highest BCUT2D eigenvalue weighted by Gasteiger charge is 2.43. The van der Waals surface area contributed by atoms with Gasteiger partial charge < -0.3 is 14.4 Å². The predicted octanol–water partition coefficient (Wildman–Crippen LogP) is 1.25. The summed E-state index contributed by atoms with van der Waals surface area (Å²) in [6.07, 6.45) is 1.69. The van der Waals surface area contributed by atoms with Gasteiger partial charge in [0, 0.05) is 6.20 Å². The van der Waals surface area contributed by atoms with Crippen LogP contribution < -0.4 is 0 Å². The van der Waals surface area contributed by atoms with Gasteiger partial charge in [-0.1, -0.05) is 0 Å². The number of aromatic nitrogens is 1. The number of carbonyl (C=O) groups is 2. The third-order valence-corrected chi connectivity index (χ3v) is 3.00. The van der Waals surface area contributed by atoms with Crippen LogP contribution in [0, 0.1) is 0 Å².